The molecule has 1 aromatic rings. The smallest absolute Gasteiger partial charge is 0.241 e. The summed E-state index contributed by atoms with van der Waals surface area (Å²) in [6.07, 6.45) is 3.04. The van der Waals surface area contributed by atoms with Crippen LogP contribution in [0.15, 0.2) is 24.3 Å². The average Bonchev–Trinajstić information content (AvgIpc) is 2.44. The topological polar surface area (TPSA) is 84.2 Å². The summed E-state index contributed by atoms with van der Waals surface area (Å²) in [7, 11) is 0. The third kappa shape index (κ3) is 5.40. The molecule has 2 amide bonds. The minimum Gasteiger partial charge on any atom is -0.326 e. The first kappa shape index (κ1) is 16.2. The number of carbonyl (C=O) groups is 2. The molecule has 0 aliphatic rings. The number of rotatable bonds is 7. The van der Waals surface area contributed by atoms with Gasteiger partial charge in [0, 0.05) is 17.8 Å². The molecular formula is C15H23N3O2. The molecule has 0 saturated carbocycles. The number of amides is 2. The van der Waals surface area contributed by atoms with Crippen LogP contribution in [0.5, 0.6) is 0 Å². The third-order valence-electron chi connectivity index (χ3n) is 2.94. The zero-order valence-electron chi connectivity index (χ0n) is 12.1. The average molecular weight is 277 g/mol. The fourth-order valence-electron chi connectivity index (χ4n) is 1.71. The van der Waals surface area contributed by atoms with Crippen LogP contribution in [0, 0.1) is 0 Å². The van der Waals surface area contributed by atoms with Crippen molar-refractivity contribution in [3.8, 4) is 0 Å². The largest absolute Gasteiger partial charge is 0.326 e. The van der Waals surface area contributed by atoms with Crippen molar-refractivity contribution in [3.63, 3.8) is 0 Å². The lowest BCUT2D eigenvalue weighted by Gasteiger charge is -2.12. The Balaban J connectivity index is 2.61. The second kappa shape index (κ2) is 8.32. The highest BCUT2D eigenvalue weighted by Gasteiger charge is 2.13. The van der Waals surface area contributed by atoms with E-state index in [1.165, 1.54) is 0 Å². The van der Waals surface area contributed by atoms with E-state index in [-0.39, 0.29) is 11.8 Å². The summed E-state index contributed by atoms with van der Waals surface area (Å²) < 4.78 is 0. The van der Waals surface area contributed by atoms with Crippen molar-refractivity contribution >= 4 is 23.2 Å². The lowest BCUT2D eigenvalue weighted by atomic mass is 10.1. The molecule has 0 aliphatic heterocycles. The molecule has 0 heterocycles. The summed E-state index contributed by atoms with van der Waals surface area (Å²) >= 11 is 0. The highest BCUT2D eigenvalue weighted by molar-refractivity contribution is 5.96. The maximum absolute atomic E-state index is 11.9. The van der Waals surface area contributed by atoms with Gasteiger partial charge in [-0.1, -0.05) is 32.8 Å². The van der Waals surface area contributed by atoms with Crippen LogP contribution in [0.25, 0.3) is 0 Å². The second-order valence-electron chi connectivity index (χ2n) is 4.72. The predicted molar refractivity (Wildman–Crippen MR) is 81.5 cm³/mol. The quantitative estimate of drug-likeness (QED) is 0.716. The molecule has 0 radical (unpaired) electrons. The molecule has 1 aromatic carbocycles. The number of hydrogen-bond acceptors (Lipinski definition) is 3. The van der Waals surface area contributed by atoms with Crippen LogP contribution >= 0.6 is 0 Å². The Labute approximate surface area is 119 Å². The summed E-state index contributed by atoms with van der Waals surface area (Å²) in [5.41, 5.74) is 7.11. The molecule has 1 rings (SSSR count). The minimum absolute atomic E-state index is 0.0619. The first-order valence-electron chi connectivity index (χ1n) is 7.03. The Kier molecular flexibility index (Phi) is 6.73. The number of nitrogens with one attached hydrogen (secondary N) is 2. The van der Waals surface area contributed by atoms with Crippen molar-refractivity contribution < 1.29 is 9.59 Å². The fraction of sp³-hybridized carbons (Fsp3) is 0.467. The number of nitrogens with two attached hydrogens (primary N) is 1. The molecular weight excluding hydrogens is 254 g/mol. The number of unbranched alkanes of at least 4 members (excludes halogenated alkanes) is 1. The van der Waals surface area contributed by atoms with Gasteiger partial charge in [-0.05, 0) is 24.6 Å². The molecule has 110 valence electrons. The van der Waals surface area contributed by atoms with E-state index in [4.69, 9.17) is 5.73 Å². The van der Waals surface area contributed by atoms with Gasteiger partial charge >= 0.3 is 0 Å². The van der Waals surface area contributed by atoms with Crippen LogP contribution in [0.4, 0.5) is 11.4 Å². The van der Waals surface area contributed by atoms with E-state index in [2.05, 4.69) is 17.6 Å². The van der Waals surface area contributed by atoms with E-state index >= 15 is 0 Å². The van der Waals surface area contributed by atoms with Gasteiger partial charge in [0.25, 0.3) is 0 Å². The second-order valence-corrected chi connectivity index (χ2v) is 4.72. The van der Waals surface area contributed by atoms with E-state index in [0.717, 1.165) is 12.8 Å². The SMILES string of the molecule is CCCC[C@H](N)C(=O)Nc1cccc(NC(=O)CC)c1. The molecule has 4 N–H and O–H groups in total. The van der Waals surface area contributed by atoms with Gasteiger partial charge in [0.2, 0.25) is 11.8 Å². The van der Waals surface area contributed by atoms with Crippen molar-refractivity contribution in [3.05, 3.63) is 24.3 Å². The Bertz CT molecular complexity index is 460. The van der Waals surface area contributed by atoms with Gasteiger partial charge in [-0.3, -0.25) is 9.59 Å². The summed E-state index contributed by atoms with van der Waals surface area (Å²) in [5, 5.41) is 5.51. The third-order valence-corrected chi connectivity index (χ3v) is 2.94. The zero-order valence-corrected chi connectivity index (χ0v) is 12.1. The Morgan fingerprint density at radius 2 is 1.85 bits per heavy atom. The molecule has 0 saturated heterocycles. The Morgan fingerprint density at radius 3 is 2.45 bits per heavy atom. The summed E-state index contributed by atoms with van der Waals surface area (Å²) in [6.45, 7) is 3.85. The first-order chi connectivity index (χ1) is 9.56. The van der Waals surface area contributed by atoms with Crippen LogP contribution in [0.1, 0.15) is 39.5 Å². The van der Waals surface area contributed by atoms with Crippen molar-refractivity contribution in [1.29, 1.82) is 0 Å². The van der Waals surface area contributed by atoms with Gasteiger partial charge < -0.3 is 16.4 Å². The molecule has 0 fully saturated rings. The molecule has 0 aromatic heterocycles. The maximum atomic E-state index is 11.9. The van der Waals surface area contributed by atoms with Gasteiger partial charge in [0.1, 0.15) is 0 Å². The Morgan fingerprint density at radius 1 is 1.20 bits per heavy atom. The van der Waals surface area contributed by atoms with Crippen molar-refractivity contribution in [2.24, 2.45) is 5.73 Å². The first-order valence-corrected chi connectivity index (χ1v) is 7.03. The molecule has 0 spiro atoms. The monoisotopic (exact) mass is 277 g/mol. The van der Waals surface area contributed by atoms with Gasteiger partial charge in [0.15, 0.2) is 0 Å². The lowest BCUT2D eigenvalue weighted by molar-refractivity contribution is -0.117. The van der Waals surface area contributed by atoms with Gasteiger partial charge in [-0.15, -0.1) is 0 Å². The number of benzene rings is 1. The summed E-state index contributed by atoms with van der Waals surface area (Å²) in [5.74, 6) is -0.259. The molecule has 0 aliphatic carbocycles. The standard InChI is InChI=1S/C15H23N3O2/c1-3-5-9-13(16)15(20)18-12-8-6-7-11(10-12)17-14(19)4-2/h6-8,10,13H,3-5,9,16H2,1-2H3,(H,17,19)(H,18,20)/t13-/m0/s1. The van der Waals surface area contributed by atoms with E-state index < -0.39 is 6.04 Å². The molecule has 20 heavy (non-hydrogen) atoms. The summed E-state index contributed by atoms with van der Waals surface area (Å²) in [4.78, 5) is 23.2. The van der Waals surface area contributed by atoms with Crippen molar-refractivity contribution in [2.75, 3.05) is 10.6 Å². The molecule has 5 heteroatoms. The van der Waals surface area contributed by atoms with Crippen LogP contribution in [0.2, 0.25) is 0 Å². The van der Waals surface area contributed by atoms with Gasteiger partial charge in [-0.25, -0.2) is 0 Å². The van der Waals surface area contributed by atoms with E-state index in [1.807, 2.05) is 0 Å². The fourth-order valence-corrected chi connectivity index (χ4v) is 1.71. The maximum Gasteiger partial charge on any atom is 0.241 e. The normalized spacial score (nSPS) is 11.8. The van der Waals surface area contributed by atoms with Crippen LogP contribution in [0.3, 0.4) is 0 Å². The summed E-state index contributed by atoms with van der Waals surface area (Å²) in [6, 6.07) is 6.55. The molecule has 0 unspecified atom stereocenters. The zero-order chi connectivity index (χ0) is 15.0. The predicted octanol–water partition coefficient (Wildman–Crippen LogP) is 2.49. The minimum atomic E-state index is -0.496. The highest BCUT2D eigenvalue weighted by Crippen LogP contribution is 2.15. The molecule has 0 bridgehead atoms. The molecule has 1 atom stereocenters. The highest BCUT2D eigenvalue weighted by atomic mass is 16.2. The van der Waals surface area contributed by atoms with E-state index in [9.17, 15) is 9.59 Å². The van der Waals surface area contributed by atoms with E-state index in [1.54, 1.807) is 31.2 Å². The number of anilines is 2. The number of carbonyl (C=O) groups excluding carboxylic acids is 2. The lowest BCUT2D eigenvalue weighted by Crippen LogP contribution is -2.35. The van der Waals surface area contributed by atoms with Gasteiger partial charge in [0.05, 0.1) is 6.04 Å². The Hall–Kier alpha value is -1.88. The van der Waals surface area contributed by atoms with Crippen molar-refractivity contribution in [1.82, 2.24) is 0 Å². The van der Waals surface area contributed by atoms with Crippen LogP contribution < -0.4 is 16.4 Å². The number of hydrogen-bond donors (Lipinski definition) is 3. The molecule has 5 nitrogen and oxygen atoms in total. The van der Waals surface area contributed by atoms with Crippen LogP contribution in [-0.4, -0.2) is 17.9 Å². The van der Waals surface area contributed by atoms with Crippen molar-refractivity contribution in [2.45, 2.75) is 45.6 Å². The van der Waals surface area contributed by atoms with E-state index in [0.29, 0.717) is 24.2 Å². The van der Waals surface area contributed by atoms with Gasteiger partial charge in [-0.2, -0.15) is 0 Å². The van der Waals surface area contributed by atoms with Crippen LogP contribution in [-0.2, 0) is 9.59 Å².